The van der Waals surface area contributed by atoms with Gasteiger partial charge in [-0.05, 0) is 0 Å². The van der Waals surface area contributed by atoms with Gasteiger partial charge in [0.15, 0.2) is 0 Å². The summed E-state index contributed by atoms with van der Waals surface area (Å²) >= 11 is 2.48. The Hall–Kier alpha value is -1.27. The van der Waals surface area contributed by atoms with E-state index in [1.165, 1.54) is 40.1 Å². The molecule has 28 heavy (non-hydrogen) atoms. The van der Waals surface area contributed by atoms with Crippen LogP contribution in [0.15, 0.2) is 30.6 Å². The summed E-state index contributed by atoms with van der Waals surface area (Å²) in [5.41, 5.74) is 3.88. The number of rotatable bonds is 5. The van der Waals surface area contributed by atoms with Crippen molar-refractivity contribution in [2.24, 2.45) is 0 Å². The van der Waals surface area contributed by atoms with Gasteiger partial charge in [0.25, 0.3) is 0 Å². The fourth-order valence-corrected chi connectivity index (χ4v) is 13.6. The first-order valence-electron chi connectivity index (χ1n) is 9.27. The van der Waals surface area contributed by atoms with Crippen LogP contribution in [0.4, 0.5) is 23.1 Å². The number of hydrogen-bond donors (Lipinski definition) is 3. The molecule has 2 aliphatic heterocycles. The van der Waals surface area contributed by atoms with Crippen LogP contribution in [-0.2, 0) is 0 Å². The predicted molar refractivity (Wildman–Crippen MR) is 118 cm³/mol. The van der Waals surface area contributed by atoms with E-state index in [1.54, 1.807) is 6.33 Å². The number of imidazole rings is 1. The molecule has 7 nitrogen and oxygen atoms in total. The van der Waals surface area contributed by atoms with Crippen LogP contribution in [0, 0.1) is 0 Å². The maximum absolute atomic E-state index is 4.75. The van der Waals surface area contributed by atoms with Crippen LogP contribution < -0.4 is 15.5 Å². The number of fused-ring (bicyclic) bond motifs is 1. The average molecular weight is 572 g/mol. The molecule has 0 aliphatic carbocycles. The number of H-pyrrole nitrogens is 1. The molecule has 4 heterocycles. The fourth-order valence-electron chi connectivity index (χ4n) is 3.29. The molecule has 1 aromatic carbocycles. The topological polar surface area (TPSA) is 81.8 Å². The Morgan fingerprint density at radius 1 is 1.04 bits per heavy atom. The molecule has 3 N–H and O–H groups in total. The van der Waals surface area contributed by atoms with Crippen LogP contribution in [-0.4, -0.2) is 80.3 Å². The standard InChI is InChI=1S/C18H21N7Se3/c1-3-14(25-5-7-26-8-6-25)4-2-12(1)22-18-23-16-15(19-11-20-16)17(24-18)21-13-9-27-28-10-13/h1-4,11,13H,5-10H2,(H3,19,20,21,22,23,24). The number of anilines is 4. The number of nitrogens with zero attached hydrogens (tertiary/aromatic N) is 4. The van der Waals surface area contributed by atoms with Gasteiger partial charge in [0.05, 0.1) is 0 Å². The quantitative estimate of drug-likeness (QED) is 0.408. The van der Waals surface area contributed by atoms with Crippen molar-refractivity contribution in [3.63, 3.8) is 0 Å². The molecule has 2 saturated heterocycles. The summed E-state index contributed by atoms with van der Waals surface area (Å²) in [7, 11) is 0. The summed E-state index contributed by atoms with van der Waals surface area (Å²) in [6.07, 6.45) is 1.69. The molecule has 2 aliphatic rings. The monoisotopic (exact) mass is 575 g/mol. The van der Waals surface area contributed by atoms with Gasteiger partial charge in [0.2, 0.25) is 0 Å². The van der Waals surface area contributed by atoms with Crippen LogP contribution in [0.2, 0.25) is 21.3 Å². The van der Waals surface area contributed by atoms with E-state index in [1.807, 2.05) is 0 Å². The summed E-state index contributed by atoms with van der Waals surface area (Å²) in [6.45, 7) is 2.37. The molecule has 0 atom stereocenters. The van der Waals surface area contributed by atoms with Gasteiger partial charge >= 0.3 is 182 Å². The molecule has 0 spiro atoms. The second-order valence-electron chi connectivity index (χ2n) is 6.68. The Kier molecular flexibility index (Phi) is 5.77. The number of benzene rings is 1. The number of hydrogen-bond acceptors (Lipinski definition) is 6. The van der Waals surface area contributed by atoms with Gasteiger partial charge in [-0.1, -0.05) is 0 Å². The molecule has 146 valence electrons. The second-order valence-corrected chi connectivity index (χ2v) is 16.8. The summed E-state index contributed by atoms with van der Waals surface area (Å²) in [4.78, 5) is 19.3. The molecule has 0 saturated carbocycles. The van der Waals surface area contributed by atoms with Crippen molar-refractivity contribution < 1.29 is 0 Å². The Balaban J connectivity index is 1.35. The van der Waals surface area contributed by atoms with Crippen molar-refractivity contribution in [1.82, 2.24) is 19.9 Å². The molecule has 5 rings (SSSR count). The van der Waals surface area contributed by atoms with Gasteiger partial charge in [-0.3, -0.25) is 0 Å². The van der Waals surface area contributed by atoms with Crippen molar-refractivity contribution in [1.29, 1.82) is 0 Å². The fraction of sp³-hybridized carbons (Fsp3) is 0.389. The maximum atomic E-state index is 4.75. The molecule has 0 unspecified atom stereocenters. The number of nitrogens with one attached hydrogen (secondary N) is 3. The molecule has 3 aromatic rings. The van der Waals surface area contributed by atoms with E-state index in [-0.39, 0.29) is 0 Å². The first-order valence-corrected chi connectivity index (χ1v) is 18.4. The van der Waals surface area contributed by atoms with Crippen molar-refractivity contribution in [2.75, 3.05) is 28.6 Å². The van der Waals surface area contributed by atoms with Crippen molar-refractivity contribution in [3.8, 4) is 0 Å². The number of aromatic nitrogens is 4. The first kappa shape index (κ1) is 18.7. The van der Waals surface area contributed by atoms with Crippen LogP contribution in [0.25, 0.3) is 11.2 Å². The third-order valence-electron chi connectivity index (χ3n) is 4.75. The van der Waals surface area contributed by atoms with E-state index in [2.05, 4.69) is 54.8 Å². The Bertz CT molecular complexity index is 934. The summed E-state index contributed by atoms with van der Waals surface area (Å²) < 4.78 is 0. The first-order chi connectivity index (χ1) is 13.8. The minimum atomic E-state index is 0.541. The average Bonchev–Trinajstić information content (AvgIpc) is 3.41. The molecular formula is C18H21N7Se3. The Morgan fingerprint density at radius 2 is 1.82 bits per heavy atom. The van der Waals surface area contributed by atoms with Crippen molar-refractivity contribution in [3.05, 3.63) is 30.6 Å². The van der Waals surface area contributed by atoms with Gasteiger partial charge in [0.1, 0.15) is 0 Å². The van der Waals surface area contributed by atoms with Crippen LogP contribution in [0.5, 0.6) is 0 Å². The second kappa shape index (κ2) is 8.62. The molecular weight excluding hydrogens is 551 g/mol. The normalized spacial score (nSPS) is 17.9. The minimum absolute atomic E-state index is 0.541. The van der Waals surface area contributed by atoms with Gasteiger partial charge in [-0.15, -0.1) is 0 Å². The van der Waals surface area contributed by atoms with E-state index in [0.29, 0.717) is 17.6 Å². The third-order valence-corrected chi connectivity index (χ3v) is 14.1. The Morgan fingerprint density at radius 3 is 2.61 bits per heavy atom. The van der Waals surface area contributed by atoms with Gasteiger partial charge in [-0.2, -0.15) is 0 Å². The van der Waals surface area contributed by atoms with Gasteiger partial charge in [0, 0.05) is 0 Å². The van der Waals surface area contributed by atoms with E-state index in [4.69, 9.17) is 4.98 Å². The van der Waals surface area contributed by atoms with E-state index < -0.39 is 0 Å². The predicted octanol–water partition coefficient (Wildman–Crippen LogP) is 2.41. The van der Waals surface area contributed by atoms with Gasteiger partial charge in [-0.25, -0.2) is 0 Å². The zero-order chi connectivity index (χ0) is 18.8. The molecule has 10 heteroatoms. The molecule has 0 bridgehead atoms. The van der Waals surface area contributed by atoms with E-state index in [9.17, 15) is 0 Å². The van der Waals surface area contributed by atoms with Crippen molar-refractivity contribution in [2.45, 2.75) is 27.3 Å². The molecule has 0 amide bonds. The van der Waals surface area contributed by atoms with E-state index >= 15 is 0 Å². The summed E-state index contributed by atoms with van der Waals surface area (Å²) in [5.74, 6) is 1.44. The van der Waals surface area contributed by atoms with Crippen LogP contribution in [0.1, 0.15) is 0 Å². The molecule has 2 aromatic heterocycles. The van der Waals surface area contributed by atoms with E-state index in [0.717, 1.165) is 58.2 Å². The molecule has 2 fully saturated rings. The molecule has 0 radical (unpaired) electrons. The van der Waals surface area contributed by atoms with Crippen LogP contribution in [0.3, 0.4) is 0 Å². The third kappa shape index (κ3) is 4.18. The summed E-state index contributed by atoms with van der Waals surface area (Å²) in [5, 5.41) is 12.2. The van der Waals surface area contributed by atoms with Crippen LogP contribution >= 0.6 is 0 Å². The zero-order valence-corrected chi connectivity index (χ0v) is 20.4. The number of aromatic amines is 1. The Labute approximate surface area is 181 Å². The summed E-state index contributed by atoms with van der Waals surface area (Å²) in [6, 6.07) is 9.15. The SMILES string of the molecule is c1nc2nc(Nc3ccc(N4CC[Se]CC4)cc3)nc(NC3C[Se][Se]C3)c2[nH]1. The van der Waals surface area contributed by atoms with Gasteiger partial charge < -0.3 is 0 Å². The zero-order valence-electron chi connectivity index (χ0n) is 15.2. The van der Waals surface area contributed by atoms with Crippen molar-refractivity contribution >= 4 is 75.5 Å².